The molecule has 1 N–H and O–H groups in total. The molecule has 0 fully saturated rings. The van der Waals surface area contributed by atoms with Crippen LogP contribution in [-0.4, -0.2) is 10.7 Å². The highest BCUT2D eigenvalue weighted by atomic mass is 16.3. The average molecular weight is 156 g/mol. The van der Waals surface area contributed by atoms with Gasteiger partial charge in [0, 0.05) is 0 Å². The lowest BCUT2D eigenvalue weighted by Crippen LogP contribution is -2.30. The summed E-state index contributed by atoms with van der Waals surface area (Å²) in [6, 6.07) is 0. The van der Waals surface area contributed by atoms with Crippen molar-refractivity contribution in [3.63, 3.8) is 0 Å². The van der Waals surface area contributed by atoms with E-state index >= 15 is 0 Å². The molecule has 11 heavy (non-hydrogen) atoms. The molecule has 0 aliphatic rings. The normalized spacial score (nSPS) is 18.7. The van der Waals surface area contributed by atoms with Crippen LogP contribution in [0.25, 0.3) is 0 Å². The lowest BCUT2D eigenvalue weighted by atomic mass is 9.87. The maximum absolute atomic E-state index is 9.88. The molecule has 0 radical (unpaired) electrons. The lowest BCUT2D eigenvalue weighted by molar-refractivity contribution is 0.0519. The van der Waals surface area contributed by atoms with Gasteiger partial charge in [0.25, 0.3) is 0 Å². The van der Waals surface area contributed by atoms with Crippen LogP contribution >= 0.6 is 0 Å². The van der Waals surface area contributed by atoms with Crippen molar-refractivity contribution in [1.29, 1.82) is 0 Å². The molecule has 2 unspecified atom stereocenters. The van der Waals surface area contributed by atoms with E-state index in [9.17, 15) is 5.11 Å². The standard InChI is InChI=1S/C10H20O/c1-6-9(4)10(5,11)7-8(2)3/h7,9,11H,6H2,1-5H3. The van der Waals surface area contributed by atoms with Gasteiger partial charge in [0.1, 0.15) is 0 Å². The zero-order valence-corrected chi connectivity index (χ0v) is 8.31. The molecule has 0 saturated carbocycles. The van der Waals surface area contributed by atoms with Gasteiger partial charge in [-0.15, -0.1) is 0 Å². The second-order valence-corrected chi connectivity index (χ2v) is 3.76. The molecule has 0 rings (SSSR count). The van der Waals surface area contributed by atoms with Gasteiger partial charge in [-0.2, -0.15) is 0 Å². The Bertz CT molecular complexity index is 141. The molecule has 0 aromatic rings. The topological polar surface area (TPSA) is 20.2 Å². The van der Waals surface area contributed by atoms with Crippen LogP contribution in [0.1, 0.15) is 41.0 Å². The fourth-order valence-corrected chi connectivity index (χ4v) is 1.14. The van der Waals surface area contributed by atoms with Gasteiger partial charge >= 0.3 is 0 Å². The summed E-state index contributed by atoms with van der Waals surface area (Å²) in [6.45, 7) is 10.1. The zero-order chi connectivity index (χ0) is 9.07. The Morgan fingerprint density at radius 3 is 2.27 bits per heavy atom. The summed E-state index contributed by atoms with van der Waals surface area (Å²) >= 11 is 0. The lowest BCUT2D eigenvalue weighted by Gasteiger charge is -2.26. The molecule has 0 aromatic carbocycles. The minimum Gasteiger partial charge on any atom is -0.386 e. The summed E-state index contributed by atoms with van der Waals surface area (Å²) in [7, 11) is 0. The SMILES string of the molecule is CCC(C)C(C)(O)C=C(C)C. The van der Waals surface area contributed by atoms with Crippen molar-refractivity contribution in [2.24, 2.45) is 5.92 Å². The van der Waals surface area contributed by atoms with E-state index in [2.05, 4.69) is 13.8 Å². The molecule has 0 aliphatic carbocycles. The molecular formula is C10H20O. The van der Waals surface area contributed by atoms with Gasteiger partial charge in [-0.3, -0.25) is 0 Å². The number of hydrogen-bond donors (Lipinski definition) is 1. The van der Waals surface area contributed by atoms with Gasteiger partial charge in [-0.1, -0.05) is 31.9 Å². The smallest absolute Gasteiger partial charge is 0.0827 e. The van der Waals surface area contributed by atoms with Crippen LogP contribution in [0.2, 0.25) is 0 Å². The molecule has 66 valence electrons. The van der Waals surface area contributed by atoms with Crippen LogP contribution in [0.3, 0.4) is 0 Å². The Labute approximate surface area is 70.1 Å². The Morgan fingerprint density at radius 1 is 1.55 bits per heavy atom. The predicted octanol–water partition coefficient (Wildman–Crippen LogP) is 2.75. The molecule has 0 aliphatic heterocycles. The molecule has 0 amide bonds. The van der Waals surface area contributed by atoms with Crippen molar-refractivity contribution in [3.05, 3.63) is 11.6 Å². The van der Waals surface area contributed by atoms with Crippen LogP contribution < -0.4 is 0 Å². The van der Waals surface area contributed by atoms with Gasteiger partial charge in [-0.25, -0.2) is 0 Å². The van der Waals surface area contributed by atoms with Crippen molar-refractivity contribution in [1.82, 2.24) is 0 Å². The van der Waals surface area contributed by atoms with Gasteiger partial charge in [0.05, 0.1) is 5.60 Å². The highest BCUT2D eigenvalue weighted by molar-refractivity contribution is 5.06. The van der Waals surface area contributed by atoms with E-state index in [0.717, 1.165) is 6.42 Å². The maximum Gasteiger partial charge on any atom is 0.0827 e. The van der Waals surface area contributed by atoms with Gasteiger partial charge in [0.15, 0.2) is 0 Å². The van der Waals surface area contributed by atoms with Gasteiger partial charge in [0.2, 0.25) is 0 Å². The Hall–Kier alpha value is -0.300. The Balaban J connectivity index is 4.33. The first kappa shape index (κ1) is 10.7. The summed E-state index contributed by atoms with van der Waals surface area (Å²) < 4.78 is 0. The number of allylic oxidation sites excluding steroid dienone is 1. The van der Waals surface area contributed by atoms with Crippen molar-refractivity contribution < 1.29 is 5.11 Å². The molecule has 0 saturated heterocycles. The van der Waals surface area contributed by atoms with E-state index in [0.29, 0.717) is 5.92 Å². The van der Waals surface area contributed by atoms with Crippen LogP contribution in [0.15, 0.2) is 11.6 Å². The quantitative estimate of drug-likeness (QED) is 0.623. The Morgan fingerprint density at radius 2 is 2.00 bits per heavy atom. The largest absolute Gasteiger partial charge is 0.386 e. The molecule has 0 spiro atoms. The van der Waals surface area contributed by atoms with Crippen LogP contribution in [0.4, 0.5) is 0 Å². The average Bonchev–Trinajstić information content (AvgIpc) is 1.83. The maximum atomic E-state index is 9.88. The van der Waals surface area contributed by atoms with Gasteiger partial charge < -0.3 is 5.11 Å². The van der Waals surface area contributed by atoms with E-state index in [1.807, 2.05) is 26.8 Å². The molecule has 0 aromatic heterocycles. The van der Waals surface area contributed by atoms with E-state index in [4.69, 9.17) is 0 Å². The molecule has 1 heteroatoms. The first-order chi connectivity index (χ1) is 4.90. The molecule has 2 atom stereocenters. The molecule has 0 bridgehead atoms. The minimum absolute atomic E-state index is 0.331. The summed E-state index contributed by atoms with van der Waals surface area (Å²) in [5.74, 6) is 0.331. The van der Waals surface area contributed by atoms with Crippen LogP contribution in [0, 0.1) is 5.92 Å². The number of rotatable bonds is 3. The Kier molecular flexibility index (Phi) is 3.81. The van der Waals surface area contributed by atoms with Crippen molar-refractivity contribution in [2.45, 2.75) is 46.6 Å². The van der Waals surface area contributed by atoms with Crippen LogP contribution in [-0.2, 0) is 0 Å². The molecular weight excluding hydrogens is 136 g/mol. The van der Waals surface area contributed by atoms with Crippen molar-refractivity contribution >= 4 is 0 Å². The van der Waals surface area contributed by atoms with E-state index in [1.165, 1.54) is 5.57 Å². The summed E-state index contributed by atoms with van der Waals surface area (Å²) in [5, 5.41) is 9.88. The van der Waals surface area contributed by atoms with Gasteiger partial charge in [-0.05, 0) is 26.7 Å². The van der Waals surface area contributed by atoms with E-state index in [-0.39, 0.29) is 0 Å². The van der Waals surface area contributed by atoms with Crippen molar-refractivity contribution in [2.75, 3.05) is 0 Å². The summed E-state index contributed by atoms with van der Waals surface area (Å²) in [5.41, 5.74) is 0.545. The fourth-order valence-electron chi connectivity index (χ4n) is 1.14. The zero-order valence-electron chi connectivity index (χ0n) is 8.31. The minimum atomic E-state index is -0.631. The van der Waals surface area contributed by atoms with Crippen molar-refractivity contribution in [3.8, 4) is 0 Å². The third kappa shape index (κ3) is 3.57. The summed E-state index contributed by atoms with van der Waals surface area (Å²) in [6.07, 6.45) is 2.94. The fraction of sp³-hybridized carbons (Fsp3) is 0.800. The number of aliphatic hydroxyl groups is 1. The molecule has 1 nitrogen and oxygen atoms in total. The van der Waals surface area contributed by atoms with Crippen LogP contribution in [0.5, 0.6) is 0 Å². The monoisotopic (exact) mass is 156 g/mol. The highest BCUT2D eigenvalue weighted by Gasteiger charge is 2.23. The number of hydrogen-bond acceptors (Lipinski definition) is 1. The molecule has 0 heterocycles. The highest BCUT2D eigenvalue weighted by Crippen LogP contribution is 2.22. The van der Waals surface area contributed by atoms with E-state index in [1.54, 1.807) is 0 Å². The van der Waals surface area contributed by atoms with E-state index < -0.39 is 5.60 Å². The third-order valence-electron chi connectivity index (χ3n) is 2.19. The second-order valence-electron chi connectivity index (χ2n) is 3.76. The predicted molar refractivity (Wildman–Crippen MR) is 49.5 cm³/mol. The first-order valence-corrected chi connectivity index (χ1v) is 4.28. The first-order valence-electron chi connectivity index (χ1n) is 4.28. The third-order valence-corrected chi connectivity index (χ3v) is 2.19. The summed E-state index contributed by atoms with van der Waals surface area (Å²) in [4.78, 5) is 0. The second kappa shape index (κ2) is 3.91.